The lowest BCUT2D eigenvalue weighted by Gasteiger charge is -2.27. The van der Waals surface area contributed by atoms with Gasteiger partial charge in [0.2, 0.25) is 0 Å². The summed E-state index contributed by atoms with van der Waals surface area (Å²) in [6.07, 6.45) is -4.37. The summed E-state index contributed by atoms with van der Waals surface area (Å²) in [4.78, 5) is 0. The molecule has 1 atom stereocenters. The van der Waals surface area contributed by atoms with Crippen LogP contribution in [0.3, 0.4) is 0 Å². The van der Waals surface area contributed by atoms with Gasteiger partial charge in [-0.2, -0.15) is 13.2 Å². The zero-order valence-electron chi connectivity index (χ0n) is 10.7. The van der Waals surface area contributed by atoms with E-state index in [0.717, 1.165) is 22.2 Å². The van der Waals surface area contributed by atoms with Gasteiger partial charge in [0, 0.05) is 4.47 Å². The molecular weight excluding hydrogens is 331 g/mol. The maximum Gasteiger partial charge on any atom is 0.416 e. The third-order valence-electron chi connectivity index (χ3n) is 3.21. The van der Waals surface area contributed by atoms with Crippen molar-refractivity contribution in [2.75, 3.05) is 0 Å². The van der Waals surface area contributed by atoms with Gasteiger partial charge < -0.3 is 5.73 Å². The molecule has 0 heterocycles. The zero-order valence-corrected chi connectivity index (χ0v) is 12.3. The molecule has 0 aliphatic carbocycles. The van der Waals surface area contributed by atoms with E-state index in [1.165, 1.54) is 6.07 Å². The molecule has 0 aliphatic rings. The average molecular weight is 344 g/mol. The first kappa shape index (κ1) is 15.1. The quantitative estimate of drug-likeness (QED) is 0.840. The Morgan fingerprint density at radius 3 is 1.95 bits per heavy atom. The molecule has 2 aromatic carbocycles. The third-order valence-corrected chi connectivity index (χ3v) is 3.71. The van der Waals surface area contributed by atoms with Crippen molar-refractivity contribution in [3.8, 4) is 0 Å². The summed E-state index contributed by atoms with van der Waals surface area (Å²) in [5.74, 6) is 0. The van der Waals surface area contributed by atoms with Crippen molar-refractivity contribution in [1.82, 2.24) is 0 Å². The van der Waals surface area contributed by atoms with E-state index in [1.807, 2.05) is 6.07 Å². The molecule has 0 aliphatic heterocycles. The van der Waals surface area contributed by atoms with Crippen LogP contribution in [0, 0.1) is 0 Å². The largest absolute Gasteiger partial charge is 0.416 e. The fraction of sp³-hybridized carbons (Fsp3) is 0.200. The zero-order chi connectivity index (χ0) is 15.0. The summed E-state index contributed by atoms with van der Waals surface area (Å²) in [7, 11) is 0. The fourth-order valence-electron chi connectivity index (χ4n) is 2.00. The highest BCUT2D eigenvalue weighted by Crippen LogP contribution is 2.34. The van der Waals surface area contributed by atoms with Gasteiger partial charge in [-0.3, -0.25) is 0 Å². The SMILES string of the molecule is CC(N)(c1cccc(Br)c1)c1cccc(C(F)(F)F)c1. The lowest BCUT2D eigenvalue weighted by atomic mass is 9.85. The van der Waals surface area contributed by atoms with Crippen molar-refractivity contribution >= 4 is 15.9 Å². The van der Waals surface area contributed by atoms with Crippen molar-refractivity contribution < 1.29 is 13.2 Å². The Morgan fingerprint density at radius 1 is 0.900 bits per heavy atom. The molecule has 106 valence electrons. The molecule has 0 spiro atoms. The fourth-order valence-corrected chi connectivity index (χ4v) is 2.40. The Hall–Kier alpha value is -1.33. The minimum absolute atomic E-state index is 0.422. The van der Waals surface area contributed by atoms with Crippen LogP contribution in [0.2, 0.25) is 0 Å². The van der Waals surface area contributed by atoms with Crippen LogP contribution in [0.1, 0.15) is 23.6 Å². The molecule has 5 heteroatoms. The molecule has 0 saturated heterocycles. The second-order valence-corrected chi connectivity index (χ2v) is 5.71. The maximum atomic E-state index is 12.8. The Kier molecular flexibility index (Phi) is 3.93. The topological polar surface area (TPSA) is 26.0 Å². The van der Waals surface area contributed by atoms with Crippen LogP contribution in [0.25, 0.3) is 0 Å². The number of halogens is 4. The van der Waals surface area contributed by atoms with E-state index in [9.17, 15) is 13.2 Å². The Labute approximate surface area is 123 Å². The third kappa shape index (κ3) is 3.04. The van der Waals surface area contributed by atoms with Crippen LogP contribution in [-0.2, 0) is 11.7 Å². The van der Waals surface area contributed by atoms with E-state index in [2.05, 4.69) is 15.9 Å². The average Bonchev–Trinajstić information content (AvgIpc) is 2.38. The van der Waals surface area contributed by atoms with Gasteiger partial charge in [0.1, 0.15) is 0 Å². The summed E-state index contributed by atoms with van der Waals surface area (Å²) in [5, 5.41) is 0. The first-order chi connectivity index (χ1) is 9.21. The molecule has 0 aromatic heterocycles. The van der Waals surface area contributed by atoms with E-state index >= 15 is 0 Å². The molecule has 0 radical (unpaired) electrons. The van der Waals surface area contributed by atoms with E-state index in [-0.39, 0.29) is 0 Å². The summed E-state index contributed by atoms with van der Waals surface area (Å²) in [5.41, 5.74) is 5.73. The minimum atomic E-state index is -4.37. The van der Waals surface area contributed by atoms with Crippen molar-refractivity contribution in [3.63, 3.8) is 0 Å². The monoisotopic (exact) mass is 343 g/mol. The van der Waals surface area contributed by atoms with E-state index < -0.39 is 17.3 Å². The molecule has 20 heavy (non-hydrogen) atoms. The van der Waals surface area contributed by atoms with Gasteiger partial charge >= 0.3 is 6.18 Å². The molecular formula is C15H13BrF3N. The van der Waals surface area contributed by atoms with Gasteiger partial charge in [0.25, 0.3) is 0 Å². The Bertz CT molecular complexity index is 621. The smallest absolute Gasteiger partial charge is 0.318 e. The molecule has 0 fully saturated rings. The highest BCUT2D eigenvalue weighted by atomic mass is 79.9. The number of alkyl halides is 3. The first-order valence-corrected chi connectivity index (χ1v) is 6.73. The van der Waals surface area contributed by atoms with E-state index in [4.69, 9.17) is 5.73 Å². The molecule has 2 rings (SSSR count). The Balaban J connectivity index is 2.49. The predicted octanol–water partition coefficient (Wildman–Crippen LogP) is 4.69. The van der Waals surface area contributed by atoms with Crippen molar-refractivity contribution in [2.45, 2.75) is 18.6 Å². The summed E-state index contributed by atoms with van der Waals surface area (Å²) in [6, 6.07) is 12.4. The molecule has 1 nitrogen and oxygen atoms in total. The normalized spacial score (nSPS) is 14.9. The van der Waals surface area contributed by atoms with Gasteiger partial charge in [-0.15, -0.1) is 0 Å². The van der Waals surface area contributed by atoms with Crippen LogP contribution in [0.5, 0.6) is 0 Å². The van der Waals surface area contributed by atoms with Crippen LogP contribution in [0.4, 0.5) is 13.2 Å². The van der Waals surface area contributed by atoms with Gasteiger partial charge in [-0.05, 0) is 42.3 Å². The van der Waals surface area contributed by atoms with E-state index in [0.29, 0.717) is 5.56 Å². The predicted molar refractivity (Wildman–Crippen MR) is 76.2 cm³/mol. The van der Waals surface area contributed by atoms with Crippen molar-refractivity contribution in [2.24, 2.45) is 5.73 Å². The number of benzene rings is 2. The molecule has 2 aromatic rings. The second kappa shape index (κ2) is 5.22. The standard InChI is InChI=1S/C15H13BrF3N/c1-14(20,11-5-3-7-13(16)9-11)10-4-2-6-12(8-10)15(17,18)19/h2-9H,20H2,1H3. The number of rotatable bonds is 2. The van der Waals surface area contributed by atoms with Crippen LogP contribution in [-0.4, -0.2) is 0 Å². The highest BCUT2D eigenvalue weighted by molar-refractivity contribution is 9.10. The molecule has 0 bridgehead atoms. The number of nitrogens with two attached hydrogens (primary N) is 1. The second-order valence-electron chi connectivity index (χ2n) is 4.79. The lowest BCUT2D eigenvalue weighted by Crippen LogP contribution is -2.34. The van der Waals surface area contributed by atoms with Crippen molar-refractivity contribution in [1.29, 1.82) is 0 Å². The maximum absolute atomic E-state index is 12.8. The van der Waals surface area contributed by atoms with E-state index in [1.54, 1.807) is 31.2 Å². The summed E-state index contributed by atoms with van der Waals surface area (Å²) >= 11 is 3.34. The molecule has 1 unspecified atom stereocenters. The van der Waals surface area contributed by atoms with Crippen LogP contribution in [0.15, 0.2) is 53.0 Å². The molecule has 2 N–H and O–H groups in total. The number of hydrogen-bond donors (Lipinski definition) is 1. The summed E-state index contributed by atoms with van der Waals surface area (Å²) < 4.78 is 39.2. The van der Waals surface area contributed by atoms with Crippen LogP contribution < -0.4 is 5.73 Å². The number of hydrogen-bond acceptors (Lipinski definition) is 1. The molecule has 0 amide bonds. The van der Waals surface area contributed by atoms with Crippen LogP contribution >= 0.6 is 15.9 Å². The summed E-state index contributed by atoms with van der Waals surface area (Å²) in [6.45, 7) is 1.70. The minimum Gasteiger partial charge on any atom is -0.318 e. The van der Waals surface area contributed by atoms with Gasteiger partial charge in [0.15, 0.2) is 0 Å². The van der Waals surface area contributed by atoms with Gasteiger partial charge in [-0.25, -0.2) is 0 Å². The van der Waals surface area contributed by atoms with Crippen molar-refractivity contribution in [3.05, 3.63) is 69.7 Å². The van der Waals surface area contributed by atoms with Gasteiger partial charge in [0.05, 0.1) is 11.1 Å². The molecule has 0 saturated carbocycles. The highest BCUT2D eigenvalue weighted by Gasteiger charge is 2.32. The van der Waals surface area contributed by atoms with Gasteiger partial charge in [-0.1, -0.05) is 40.2 Å². The Morgan fingerprint density at radius 2 is 1.40 bits per heavy atom. The first-order valence-electron chi connectivity index (χ1n) is 5.94. The lowest BCUT2D eigenvalue weighted by molar-refractivity contribution is -0.137.